The van der Waals surface area contributed by atoms with Crippen LogP contribution in [0.1, 0.15) is 26.7 Å². The minimum Gasteiger partial charge on any atom is -0.354 e. The van der Waals surface area contributed by atoms with Gasteiger partial charge in [-0.1, -0.05) is 0 Å². The molecule has 1 saturated heterocycles. The lowest BCUT2D eigenvalue weighted by atomic mass is 9.84. The van der Waals surface area contributed by atoms with Gasteiger partial charge in [0.05, 0.1) is 5.41 Å². The molecule has 5 nitrogen and oxygen atoms in total. The van der Waals surface area contributed by atoms with Crippen LogP contribution in [0.15, 0.2) is 0 Å². The molecule has 0 radical (unpaired) electrons. The average Bonchev–Trinajstić information content (AvgIpc) is 2.37. The highest BCUT2D eigenvalue weighted by molar-refractivity contribution is 6.03. The summed E-state index contributed by atoms with van der Waals surface area (Å²) < 4.78 is 26.2. The lowest BCUT2D eigenvalue weighted by Gasteiger charge is -2.45. The molecule has 1 atom stereocenters. The number of hydrogen-bond acceptors (Lipinski definition) is 3. The van der Waals surface area contributed by atoms with Gasteiger partial charge in [0.25, 0.3) is 5.92 Å². The van der Waals surface area contributed by atoms with Crippen LogP contribution in [0.5, 0.6) is 0 Å². The molecule has 0 aromatic heterocycles. The standard InChI is InChI=1S/C13H20F2N4O/c1-12(2)7-19(8-4-13(14,15)5-8)10(17)9(6-16)18(3)11(12)20/h6,8-9,16-17H,4-5,7H2,1-3H3. The van der Waals surface area contributed by atoms with E-state index in [1.54, 1.807) is 25.8 Å². The molecule has 1 heterocycles. The van der Waals surface area contributed by atoms with Crippen molar-refractivity contribution in [2.45, 2.75) is 44.7 Å². The lowest BCUT2D eigenvalue weighted by molar-refractivity contribution is -0.140. The first-order valence-corrected chi connectivity index (χ1v) is 6.60. The van der Waals surface area contributed by atoms with Crippen LogP contribution in [-0.2, 0) is 4.79 Å². The summed E-state index contributed by atoms with van der Waals surface area (Å²) >= 11 is 0. The Kier molecular flexibility index (Phi) is 3.34. The number of hydrogen-bond donors (Lipinski definition) is 2. The molecular formula is C13H20F2N4O. The van der Waals surface area contributed by atoms with Crippen molar-refractivity contribution in [1.29, 1.82) is 10.8 Å². The zero-order chi connectivity index (χ0) is 15.3. The molecule has 7 heteroatoms. The third-order valence-electron chi connectivity index (χ3n) is 4.14. The van der Waals surface area contributed by atoms with Crippen molar-refractivity contribution >= 4 is 18.0 Å². The molecule has 0 aromatic carbocycles. The fourth-order valence-corrected chi connectivity index (χ4v) is 2.90. The van der Waals surface area contributed by atoms with Crippen LogP contribution in [0.3, 0.4) is 0 Å². The molecule has 1 amide bonds. The van der Waals surface area contributed by atoms with Crippen molar-refractivity contribution in [3.8, 4) is 0 Å². The van der Waals surface area contributed by atoms with E-state index in [9.17, 15) is 13.6 Å². The first-order valence-electron chi connectivity index (χ1n) is 6.60. The number of nitrogens with one attached hydrogen (secondary N) is 2. The summed E-state index contributed by atoms with van der Waals surface area (Å²) in [5.41, 5.74) is -0.760. The van der Waals surface area contributed by atoms with E-state index in [1.165, 1.54) is 4.90 Å². The molecule has 1 aliphatic heterocycles. The summed E-state index contributed by atoms with van der Waals surface area (Å²) in [6.45, 7) is 3.73. The summed E-state index contributed by atoms with van der Waals surface area (Å²) in [5, 5.41) is 15.6. The number of amides is 1. The first kappa shape index (κ1) is 14.9. The smallest absolute Gasteiger partial charge is 0.252 e. The highest BCUT2D eigenvalue weighted by Gasteiger charge is 2.52. The van der Waals surface area contributed by atoms with Crippen LogP contribution in [0.4, 0.5) is 8.78 Å². The molecule has 1 aliphatic carbocycles. The summed E-state index contributed by atoms with van der Waals surface area (Å²) in [7, 11) is 1.55. The molecule has 1 saturated carbocycles. The molecule has 20 heavy (non-hydrogen) atoms. The summed E-state index contributed by atoms with van der Waals surface area (Å²) in [4.78, 5) is 15.3. The molecule has 0 bridgehead atoms. The van der Waals surface area contributed by atoms with Gasteiger partial charge in [-0.2, -0.15) is 0 Å². The normalized spacial score (nSPS) is 29.9. The lowest BCUT2D eigenvalue weighted by Crippen LogP contribution is -2.56. The third kappa shape index (κ3) is 2.29. The molecule has 2 N–H and O–H groups in total. The number of alkyl halides is 2. The molecule has 112 valence electrons. The van der Waals surface area contributed by atoms with Gasteiger partial charge < -0.3 is 15.2 Å². The Morgan fingerprint density at radius 1 is 1.35 bits per heavy atom. The maximum atomic E-state index is 13.1. The molecule has 0 aromatic rings. The number of halogens is 2. The first-order chi connectivity index (χ1) is 9.09. The second kappa shape index (κ2) is 4.49. The minimum atomic E-state index is -2.67. The van der Waals surface area contributed by atoms with E-state index in [-0.39, 0.29) is 31.1 Å². The largest absolute Gasteiger partial charge is 0.354 e. The van der Waals surface area contributed by atoms with Gasteiger partial charge in [-0.05, 0) is 13.8 Å². The Morgan fingerprint density at radius 3 is 2.35 bits per heavy atom. The molecule has 2 rings (SSSR count). The van der Waals surface area contributed by atoms with Crippen LogP contribution in [0.2, 0.25) is 0 Å². The Morgan fingerprint density at radius 2 is 1.90 bits per heavy atom. The van der Waals surface area contributed by atoms with E-state index in [2.05, 4.69) is 0 Å². The fourth-order valence-electron chi connectivity index (χ4n) is 2.90. The minimum absolute atomic E-state index is 0.0573. The second-order valence-corrected chi connectivity index (χ2v) is 6.34. The van der Waals surface area contributed by atoms with Gasteiger partial charge in [-0.15, -0.1) is 0 Å². The van der Waals surface area contributed by atoms with Crippen molar-refractivity contribution in [3.63, 3.8) is 0 Å². The van der Waals surface area contributed by atoms with E-state index >= 15 is 0 Å². The number of nitrogens with zero attached hydrogens (tertiary/aromatic N) is 2. The number of rotatable bonds is 2. The number of carbonyl (C=O) groups is 1. The zero-order valence-corrected chi connectivity index (χ0v) is 11.9. The van der Waals surface area contributed by atoms with Gasteiger partial charge in [0.15, 0.2) is 0 Å². The van der Waals surface area contributed by atoms with E-state index < -0.39 is 23.4 Å². The Labute approximate surface area is 116 Å². The van der Waals surface area contributed by atoms with Crippen LogP contribution < -0.4 is 0 Å². The predicted molar refractivity (Wildman–Crippen MR) is 71.5 cm³/mol. The fraction of sp³-hybridized carbons (Fsp3) is 0.769. The molecular weight excluding hydrogens is 266 g/mol. The van der Waals surface area contributed by atoms with E-state index in [0.717, 1.165) is 6.21 Å². The van der Waals surface area contributed by atoms with E-state index in [4.69, 9.17) is 10.8 Å². The van der Waals surface area contributed by atoms with Gasteiger partial charge in [0.1, 0.15) is 11.9 Å². The van der Waals surface area contributed by atoms with Gasteiger partial charge in [0, 0.05) is 38.7 Å². The van der Waals surface area contributed by atoms with Crippen molar-refractivity contribution < 1.29 is 13.6 Å². The summed E-state index contributed by atoms with van der Waals surface area (Å²) in [6, 6.07) is -1.20. The summed E-state index contributed by atoms with van der Waals surface area (Å²) in [5.74, 6) is -2.79. The Bertz CT molecular complexity index is 455. The van der Waals surface area contributed by atoms with Crippen molar-refractivity contribution in [1.82, 2.24) is 9.80 Å². The quantitative estimate of drug-likeness (QED) is 0.757. The average molecular weight is 286 g/mol. The topological polar surface area (TPSA) is 71.2 Å². The van der Waals surface area contributed by atoms with Gasteiger partial charge >= 0.3 is 0 Å². The molecule has 2 fully saturated rings. The summed E-state index contributed by atoms with van der Waals surface area (Å²) in [6.07, 6.45) is 0.452. The van der Waals surface area contributed by atoms with Gasteiger partial charge in [-0.25, -0.2) is 8.78 Å². The Balaban J connectivity index is 2.30. The highest BCUT2D eigenvalue weighted by atomic mass is 19.3. The zero-order valence-electron chi connectivity index (χ0n) is 11.9. The van der Waals surface area contributed by atoms with Crippen LogP contribution >= 0.6 is 0 Å². The van der Waals surface area contributed by atoms with Crippen molar-refractivity contribution in [2.75, 3.05) is 13.6 Å². The molecule has 1 unspecified atom stereocenters. The highest BCUT2D eigenvalue weighted by Crippen LogP contribution is 2.42. The van der Waals surface area contributed by atoms with Crippen molar-refractivity contribution in [3.05, 3.63) is 0 Å². The van der Waals surface area contributed by atoms with Gasteiger partial charge in [-0.3, -0.25) is 10.2 Å². The van der Waals surface area contributed by atoms with Crippen LogP contribution in [0, 0.1) is 16.2 Å². The SMILES string of the molecule is CN1C(=O)C(C)(C)CN(C2CC(F)(F)C2)C(=N)C1C=N. The van der Waals surface area contributed by atoms with Crippen LogP contribution in [0.25, 0.3) is 0 Å². The van der Waals surface area contributed by atoms with Gasteiger partial charge in [0.2, 0.25) is 5.91 Å². The number of carbonyl (C=O) groups excluding carboxylic acids is 1. The predicted octanol–water partition coefficient (Wildman–Crippen LogP) is 1.58. The molecule has 0 spiro atoms. The number of likely N-dealkylation sites (N-methyl/N-ethyl adjacent to an activating group) is 1. The Hall–Kier alpha value is -1.53. The maximum Gasteiger partial charge on any atom is 0.252 e. The van der Waals surface area contributed by atoms with E-state index in [1.807, 2.05) is 0 Å². The number of amidine groups is 1. The maximum absolute atomic E-state index is 13.1. The second-order valence-electron chi connectivity index (χ2n) is 6.34. The van der Waals surface area contributed by atoms with Crippen LogP contribution in [-0.4, -0.2) is 59.4 Å². The monoisotopic (exact) mass is 286 g/mol. The van der Waals surface area contributed by atoms with E-state index in [0.29, 0.717) is 0 Å². The van der Waals surface area contributed by atoms with Crippen molar-refractivity contribution in [2.24, 2.45) is 5.41 Å². The molecule has 2 aliphatic rings. The third-order valence-corrected chi connectivity index (χ3v) is 4.14.